The Morgan fingerprint density at radius 3 is 2.41 bits per heavy atom. The Balaban J connectivity index is 1.54. The van der Waals surface area contributed by atoms with E-state index in [1.165, 1.54) is 18.6 Å². The first-order valence-electron chi connectivity index (χ1n) is 17.6. The number of ether oxygens (including phenoxy) is 2. The van der Waals surface area contributed by atoms with E-state index in [2.05, 4.69) is 10.6 Å². The normalized spacial score (nSPS) is 22.5. The van der Waals surface area contributed by atoms with Gasteiger partial charge in [0.1, 0.15) is 5.75 Å². The van der Waals surface area contributed by atoms with Gasteiger partial charge in [-0.3, -0.25) is 9.69 Å². The Kier molecular flexibility index (Phi) is 14.2. The molecule has 0 aromatic heterocycles. The van der Waals surface area contributed by atoms with E-state index in [-0.39, 0.29) is 49.3 Å². The molecule has 4 atom stereocenters. The zero-order valence-electron chi connectivity index (χ0n) is 29.2. The average Bonchev–Trinajstić information content (AvgIpc) is 3.06. The first-order chi connectivity index (χ1) is 23.3. The second kappa shape index (κ2) is 18.1. The summed E-state index contributed by atoms with van der Waals surface area (Å²) < 4.78 is 51.9. The van der Waals surface area contributed by atoms with Gasteiger partial charge in [0.15, 0.2) is 0 Å². The van der Waals surface area contributed by atoms with E-state index in [1.807, 2.05) is 25.8 Å². The number of nitrogens with zero attached hydrogens (tertiary/aromatic N) is 2. The Morgan fingerprint density at radius 2 is 1.73 bits per heavy atom. The monoisotopic (exact) mass is 690 g/mol. The van der Waals surface area contributed by atoms with Crippen molar-refractivity contribution in [2.24, 2.45) is 5.92 Å². The second-order valence-electron chi connectivity index (χ2n) is 13.8. The van der Waals surface area contributed by atoms with Gasteiger partial charge in [0, 0.05) is 43.9 Å². The third kappa shape index (κ3) is 11.6. The zero-order valence-corrected chi connectivity index (χ0v) is 29.2. The number of carbonyl (C=O) groups excluding carboxylic acids is 2. The van der Waals surface area contributed by atoms with Crippen molar-refractivity contribution in [3.63, 3.8) is 0 Å². The van der Waals surface area contributed by atoms with Gasteiger partial charge in [-0.2, -0.15) is 13.2 Å². The molecule has 12 heteroatoms. The lowest BCUT2D eigenvalue weighted by molar-refractivity contribution is -0.137. The summed E-state index contributed by atoms with van der Waals surface area (Å²) in [7, 11) is 1.90. The van der Waals surface area contributed by atoms with Crippen molar-refractivity contribution in [1.29, 1.82) is 0 Å². The summed E-state index contributed by atoms with van der Waals surface area (Å²) in [5.74, 6) is -0.0812. The second-order valence-corrected chi connectivity index (χ2v) is 13.8. The van der Waals surface area contributed by atoms with Crippen molar-refractivity contribution in [3.8, 4) is 5.75 Å². The third-order valence-electron chi connectivity index (χ3n) is 9.48. The molecular formula is C37H53F3N4O5. The smallest absolute Gasteiger partial charge is 0.416 e. The molecule has 1 saturated carbocycles. The molecule has 49 heavy (non-hydrogen) atoms. The van der Waals surface area contributed by atoms with Crippen molar-refractivity contribution in [1.82, 2.24) is 15.1 Å². The maximum absolute atomic E-state index is 14.4. The van der Waals surface area contributed by atoms with Crippen LogP contribution in [0.2, 0.25) is 0 Å². The number of anilines is 1. The number of alkyl halides is 3. The number of aliphatic hydroxyl groups is 1. The van der Waals surface area contributed by atoms with Gasteiger partial charge in [0.05, 0.1) is 36.0 Å². The van der Waals surface area contributed by atoms with Gasteiger partial charge in [-0.15, -0.1) is 0 Å². The highest BCUT2D eigenvalue weighted by atomic mass is 19.4. The predicted molar refractivity (Wildman–Crippen MR) is 184 cm³/mol. The number of amides is 3. The molecule has 0 saturated heterocycles. The molecule has 1 aliphatic carbocycles. The summed E-state index contributed by atoms with van der Waals surface area (Å²) in [5.41, 5.74) is 0.825. The number of hydrogen-bond acceptors (Lipinski definition) is 6. The summed E-state index contributed by atoms with van der Waals surface area (Å²) in [6.07, 6.45) is 2.78. The number of hydrogen-bond donors (Lipinski definition) is 3. The highest BCUT2D eigenvalue weighted by Gasteiger charge is 2.32. The predicted octanol–water partition coefficient (Wildman–Crippen LogP) is 7.09. The van der Waals surface area contributed by atoms with E-state index in [0.717, 1.165) is 62.6 Å². The van der Waals surface area contributed by atoms with Gasteiger partial charge < -0.3 is 30.1 Å². The van der Waals surface area contributed by atoms with Gasteiger partial charge in [-0.05, 0) is 88.9 Å². The molecule has 1 heterocycles. The van der Waals surface area contributed by atoms with Gasteiger partial charge in [-0.25, -0.2) is 4.79 Å². The van der Waals surface area contributed by atoms with Crippen molar-refractivity contribution in [2.75, 3.05) is 38.7 Å². The first-order valence-corrected chi connectivity index (χ1v) is 17.6. The molecule has 2 aliphatic rings. The van der Waals surface area contributed by atoms with Gasteiger partial charge in [0.25, 0.3) is 5.91 Å². The fourth-order valence-electron chi connectivity index (χ4n) is 6.54. The Morgan fingerprint density at radius 1 is 1.04 bits per heavy atom. The fourth-order valence-corrected chi connectivity index (χ4v) is 6.54. The molecule has 0 unspecified atom stereocenters. The SMILES string of the molecule is C[C@@H]1CCCCO[C@@H](CN(C)Cc2ccc(C(F)(F)F)cc2)[C@@H](C)CN([C@@H](C)CO)C(=O)c2cc(NC(=O)NC3CCCCC3)ccc2O1. The molecule has 3 N–H and O–H groups in total. The van der Waals surface area contributed by atoms with Crippen LogP contribution in [0.4, 0.5) is 23.7 Å². The molecule has 0 radical (unpaired) electrons. The molecule has 0 bridgehead atoms. The Hall–Kier alpha value is -3.35. The fraction of sp³-hybridized carbons (Fsp3) is 0.622. The van der Waals surface area contributed by atoms with Crippen LogP contribution in [-0.2, 0) is 17.5 Å². The minimum atomic E-state index is -4.39. The topological polar surface area (TPSA) is 103 Å². The van der Waals surface area contributed by atoms with Crippen molar-refractivity contribution < 1.29 is 37.3 Å². The zero-order chi connectivity index (χ0) is 35.6. The number of rotatable bonds is 8. The molecule has 272 valence electrons. The van der Waals surface area contributed by atoms with Gasteiger partial charge in [0.2, 0.25) is 0 Å². The van der Waals surface area contributed by atoms with Crippen LogP contribution < -0.4 is 15.4 Å². The number of likely N-dealkylation sites (N-methyl/N-ethyl adjacent to an activating group) is 1. The summed E-state index contributed by atoms with van der Waals surface area (Å²) >= 11 is 0. The van der Waals surface area contributed by atoms with Crippen LogP contribution in [0.15, 0.2) is 42.5 Å². The molecule has 1 aliphatic heterocycles. The van der Waals surface area contributed by atoms with Crippen molar-refractivity contribution >= 4 is 17.6 Å². The van der Waals surface area contributed by atoms with Crippen LogP contribution in [0, 0.1) is 5.92 Å². The average molecular weight is 691 g/mol. The molecular weight excluding hydrogens is 637 g/mol. The van der Waals surface area contributed by atoms with Crippen LogP contribution in [0.25, 0.3) is 0 Å². The molecule has 3 amide bonds. The quantitative estimate of drug-likeness (QED) is 0.274. The molecule has 1 fully saturated rings. The summed E-state index contributed by atoms with van der Waals surface area (Å²) in [5, 5.41) is 16.2. The largest absolute Gasteiger partial charge is 0.490 e. The van der Waals surface area contributed by atoms with E-state index < -0.39 is 17.8 Å². The first kappa shape index (κ1) is 38.5. The summed E-state index contributed by atoms with van der Waals surface area (Å²) in [4.78, 5) is 30.9. The number of carbonyl (C=O) groups is 2. The van der Waals surface area contributed by atoms with Crippen LogP contribution in [0.1, 0.15) is 93.6 Å². The highest BCUT2D eigenvalue weighted by molar-refractivity contribution is 5.99. The lowest BCUT2D eigenvalue weighted by Crippen LogP contribution is -2.47. The number of aliphatic hydroxyl groups excluding tert-OH is 1. The molecule has 2 aromatic carbocycles. The molecule has 4 rings (SSSR count). The van der Waals surface area contributed by atoms with Crippen LogP contribution in [0.5, 0.6) is 5.75 Å². The van der Waals surface area contributed by atoms with Crippen molar-refractivity contribution in [2.45, 2.75) is 109 Å². The maximum atomic E-state index is 14.4. The molecule has 9 nitrogen and oxygen atoms in total. The van der Waals surface area contributed by atoms with E-state index in [1.54, 1.807) is 30.0 Å². The summed E-state index contributed by atoms with van der Waals surface area (Å²) in [6.45, 7) is 7.17. The standard InChI is InChI=1S/C37H53F3N4O5/c1-25-21-44(26(2)24-45)35(46)32-20-31(42-36(47)41-30-11-6-5-7-12-30)17-18-33(32)49-27(3)10-8-9-19-48-34(25)23-43(4)22-28-13-15-29(16-14-28)37(38,39)40/h13-18,20,25-27,30,34,45H,5-12,19,21-24H2,1-4H3,(H2,41,42,47)/t25-,26-,27+,34-/m0/s1. The number of urea groups is 1. The Labute approximate surface area is 288 Å². The maximum Gasteiger partial charge on any atom is 0.416 e. The molecule has 0 spiro atoms. The number of nitrogens with one attached hydrogen (secondary N) is 2. The van der Waals surface area contributed by atoms with E-state index in [0.29, 0.717) is 36.7 Å². The number of halogens is 3. The minimum absolute atomic E-state index is 0.128. The Bertz CT molecular complexity index is 1350. The van der Waals surface area contributed by atoms with Crippen LogP contribution in [-0.4, -0.2) is 84.5 Å². The minimum Gasteiger partial charge on any atom is -0.490 e. The van der Waals surface area contributed by atoms with E-state index in [9.17, 15) is 27.9 Å². The number of benzene rings is 2. The van der Waals surface area contributed by atoms with Gasteiger partial charge >= 0.3 is 12.2 Å². The lowest BCUT2D eigenvalue weighted by Gasteiger charge is -2.36. The van der Waals surface area contributed by atoms with Crippen LogP contribution in [0.3, 0.4) is 0 Å². The van der Waals surface area contributed by atoms with Crippen molar-refractivity contribution in [3.05, 3.63) is 59.2 Å². The highest BCUT2D eigenvalue weighted by Crippen LogP contribution is 2.30. The third-order valence-corrected chi connectivity index (χ3v) is 9.48. The molecule has 2 aromatic rings. The number of fused-ring (bicyclic) bond motifs is 1. The van der Waals surface area contributed by atoms with E-state index in [4.69, 9.17) is 9.47 Å². The van der Waals surface area contributed by atoms with Crippen LogP contribution >= 0.6 is 0 Å². The van der Waals surface area contributed by atoms with Gasteiger partial charge in [-0.1, -0.05) is 38.3 Å². The van der Waals surface area contributed by atoms with E-state index >= 15 is 0 Å². The lowest BCUT2D eigenvalue weighted by atomic mass is 9.96. The summed E-state index contributed by atoms with van der Waals surface area (Å²) in [6, 6.07) is 9.56.